The molecule has 0 bridgehead atoms. The van der Waals surface area contributed by atoms with Gasteiger partial charge >= 0.3 is 0 Å². The Balaban J connectivity index is 2.36. The van der Waals surface area contributed by atoms with Crippen LogP contribution in [-0.2, 0) is 4.79 Å². The van der Waals surface area contributed by atoms with Crippen LogP contribution in [-0.4, -0.2) is 17.7 Å². The molecule has 0 spiro atoms. The first kappa shape index (κ1) is 16.9. The van der Waals surface area contributed by atoms with E-state index in [2.05, 4.69) is 26.1 Å². The van der Waals surface area contributed by atoms with Crippen LogP contribution < -0.4 is 11.1 Å². The van der Waals surface area contributed by atoms with Crippen LogP contribution in [0, 0.1) is 12.8 Å². The maximum absolute atomic E-state index is 11.9. The van der Waals surface area contributed by atoms with Crippen LogP contribution in [0.1, 0.15) is 39.2 Å². The summed E-state index contributed by atoms with van der Waals surface area (Å²) in [7, 11) is 0. The first-order valence-corrected chi connectivity index (χ1v) is 8.15. The highest BCUT2D eigenvalue weighted by Crippen LogP contribution is 2.25. The zero-order valence-corrected chi connectivity index (χ0v) is 13.7. The maximum Gasteiger partial charge on any atom is 0.230 e. The summed E-state index contributed by atoms with van der Waals surface area (Å²) in [5.41, 5.74) is 7.82. The second-order valence-electron chi connectivity index (χ2n) is 5.77. The molecule has 0 fully saturated rings. The number of benzene rings is 1. The highest BCUT2D eigenvalue weighted by Gasteiger charge is 2.09. The van der Waals surface area contributed by atoms with Crippen LogP contribution >= 0.6 is 11.8 Å². The summed E-state index contributed by atoms with van der Waals surface area (Å²) in [6.07, 6.45) is 2.17. The lowest BCUT2D eigenvalue weighted by molar-refractivity contribution is -0.119. The molecular weight excluding hydrogens is 268 g/mol. The summed E-state index contributed by atoms with van der Waals surface area (Å²) >= 11 is 1.49. The van der Waals surface area contributed by atoms with E-state index in [4.69, 9.17) is 5.73 Å². The highest BCUT2D eigenvalue weighted by atomic mass is 32.2. The van der Waals surface area contributed by atoms with E-state index in [1.54, 1.807) is 0 Å². The van der Waals surface area contributed by atoms with Crippen molar-refractivity contribution < 1.29 is 4.79 Å². The molecule has 1 aromatic rings. The molecule has 0 aliphatic carbocycles. The molecule has 1 atom stereocenters. The van der Waals surface area contributed by atoms with Crippen molar-refractivity contribution in [2.45, 2.75) is 51.5 Å². The third-order valence-corrected chi connectivity index (χ3v) is 4.20. The van der Waals surface area contributed by atoms with Crippen molar-refractivity contribution >= 4 is 23.4 Å². The zero-order chi connectivity index (χ0) is 15.1. The molecule has 112 valence electrons. The number of carbonyl (C=O) groups is 1. The molecule has 0 heterocycles. The third kappa shape index (κ3) is 6.33. The average Bonchev–Trinajstić information content (AvgIpc) is 2.35. The van der Waals surface area contributed by atoms with Gasteiger partial charge in [0.05, 0.1) is 5.75 Å². The number of amides is 1. The van der Waals surface area contributed by atoms with Gasteiger partial charge in [-0.1, -0.05) is 19.9 Å². The lowest BCUT2D eigenvalue weighted by atomic mass is 10.0. The molecule has 1 rings (SSSR count). The number of rotatable bonds is 7. The maximum atomic E-state index is 11.9. The van der Waals surface area contributed by atoms with Crippen LogP contribution in [0.25, 0.3) is 0 Å². The first-order chi connectivity index (χ1) is 9.38. The Bertz CT molecular complexity index is 446. The second-order valence-corrected chi connectivity index (χ2v) is 6.79. The molecule has 1 aromatic carbocycles. The molecule has 0 aliphatic heterocycles. The Morgan fingerprint density at radius 3 is 2.60 bits per heavy atom. The second kappa shape index (κ2) is 8.20. The van der Waals surface area contributed by atoms with E-state index in [0.717, 1.165) is 29.0 Å². The van der Waals surface area contributed by atoms with Gasteiger partial charge in [-0.05, 0) is 50.3 Å². The van der Waals surface area contributed by atoms with Gasteiger partial charge in [-0.3, -0.25) is 4.79 Å². The smallest absolute Gasteiger partial charge is 0.230 e. The van der Waals surface area contributed by atoms with Crippen molar-refractivity contribution in [2.75, 3.05) is 11.5 Å². The van der Waals surface area contributed by atoms with Crippen molar-refractivity contribution in [1.82, 2.24) is 5.32 Å². The van der Waals surface area contributed by atoms with Gasteiger partial charge in [0.2, 0.25) is 5.91 Å². The fraction of sp³-hybridized carbons (Fsp3) is 0.562. The average molecular weight is 294 g/mol. The van der Waals surface area contributed by atoms with Crippen LogP contribution in [0.15, 0.2) is 23.1 Å². The SMILES string of the molecule is Cc1ccc(SCC(=O)NC(C)CCC(C)C)c(N)c1. The van der Waals surface area contributed by atoms with E-state index in [0.29, 0.717) is 11.7 Å². The largest absolute Gasteiger partial charge is 0.398 e. The standard InChI is InChI=1S/C16H26N2OS/c1-11(2)5-7-13(4)18-16(19)10-20-15-8-6-12(3)9-14(15)17/h6,8-9,11,13H,5,7,10,17H2,1-4H3,(H,18,19). The van der Waals surface area contributed by atoms with Crippen LogP contribution in [0.3, 0.4) is 0 Å². The molecule has 0 saturated heterocycles. The van der Waals surface area contributed by atoms with Gasteiger partial charge < -0.3 is 11.1 Å². The predicted octanol–water partition coefficient (Wildman–Crippen LogP) is 3.61. The van der Waals surface area contributed by atoms with Gasteiger partial charge in [0.25, 0.3) is 0 Å². The van der Waals surface area contributed by atoms with Gasteiger partial charge in [-0.2, -0.15) is 0 Å². The third-order valence-electron chi connectivity index (χ3n) is 3.11. The predicted molar refractivity (Wildman–Crippen MR) is 88.0 cm³/mol. The zero-order valence-electron chi connectivity index (χ0n) is 12.9. The Hall–Kier alpha value is -1.16. The number of nitrogen functional groups attached to an aromatic ring is 1. The normalized spacial score (nSPS) is 12.4. The number of hydrogen-bond donors (Lipinski definition) is 2. The van der Waals surface area contributed by atoms with E-state index in [-0.39, 0.29) is 11.9 Å². The molecule has 1 unspecified atom stereocenters. The first-order valence-electron chi connectivity index (χ1n) is 7.16. The van der Waals surface area contributed by atoms with Crippen molar-refractivity contribution in [3.05, 3.63) is 23.8 Å². The molecule has 0 aromatic heterocycles. The van der Waals surface area contributed by atoms with Crippen LogP contribution in [0.2, 0.25) is 0 Å². The summed E-state index contributed by atoms with van der Waals surface area (Å²) in [6.45, 7) is 8.47. The number of aryl methyl sites for hydroxylation is 1. The van der Waals surface area contributed by atoms with E-state index in [1.165, 1.54) is 11.8 Å². The van der Waals surface area contributed by atoms with Crippen molar-refractivity contribution in [3.63, 3.8) is 0 Å². The molecular formula is C16H26N2OS. The van der Waals surface area contributed by atoms with E-state index < -0.39 is 0 Å². The molecule has 0 aliphatic rings. The monoisotopic (exact) mass is 294 g/mol. The van der Waals surface area contributed by atoms with Crippen molar-refractivity contribution in [3.8, 4) is 0 Å². The topological polar surface area (TPSA) is 55.1 Å². The number of carbonyl (C=O) groups excluding carboxylic acids is 1. The molecule has 20 heavy (non-hydrogen) atoms. The van der Waals surface area contributed by atoms with Crippen molar-refractivity contribution in [2.24, 2.45) is 5.92 Å². The summed E-state index contributed by atoms with van der Waals surface area (Å²) < 4.78 is 0. The number of thioether (sulfide) groups is 1. The molecule has 0 radical (unpaired) electrons. The Labute approximate surface area is 126 Å². The number of nitrogens with one attached hydrogen (secondary N) is 1. The lowest BCUT2D eigenvalue weighted by Gasteiger charge is -2.15. The van der Waals surface area contributed by atoms with E-state index in [9.17, 15) is 4.79 Å². The summed E-state index contributed by atoms with van der Waals surface area (Å²) in [5.74, 6) is 1.17. The quantitative estimate of drug-likeness (QED) is 0.596. The fourth-order valence-electron chi connectivity index (χ4n) is 1.91. The van der Waals surface area contributed by atoms with Gasteiger partial charge in [0.1, 0.15) is 0 Å². The highest BCUT2D eigenvalue weighted by molar-refractivity contribution is 8.00. The fourth-order valence-corrected chi connectivity index (χ4v) is 2.67. The minimum absolute atomic E-state index is 0.0752. The number of hydrogen-bond acceptors (Lipinski definition) is 3. The lowest BCUT2D eigenvalue weighted by Crippen LogP contribution is -2.34. The van der Waals surface area contributed by atoms with Gasteiger partial charge in [0.15, 0.2) is 0 Å². The van der Waals surface area contributed by atoms with Gasteiger partial charge in [0, 0.05) is 16.6 Å². The molecule has 3 nitrogen and oxygen atoms in total. The number of nitrogens with two attached hydrogens (primary N) is 1. The van der Waals surface area contributed by atoms with E-state index in [1.807, 2.05) is 25.1 Å². The summed E-state index contributed by atoms with van der Waals surface area (Å²) in [4.78, 5) is 12.8. The Kier molecular flexibility index (Phi) is 6.93. The van der Waals surface area contributed by atoms with Crippen molar-refractivity contribution in [1.29, 1.82) is 0 Å². The van der Waals surface area contributed by atoms with Gasteiger partial charge in [-0.15, -0.1) is 11.8 Å². The van der Waals surface area contributed by atoms with Gasteiger partial charge in [-0.25, -0.2) is 0 Å². The molecule has 3 N–H and O–H groups in total. The minimum Gasteiger partial charge on any atom is -0.398 e. The minimum atomic E-state index is 0.0752. The van der Waals surface area contributed by atoms with Crippen LogP contribution in [0.5, 0.6) is 0 Å². The van der Waals surface area contributed by atoms with E-state index >= 15 is 0 Å². The molecule has 0 saturated carbocycles. The summed E-state index contributed by atoms with van der Waals surface area (Å²) in [5, 5.41) is 3.04. The Morgan fingerprint density at radius 1 is 1.30 bits per heavy atom. The number of anilines is 1. The Morgan fingerprint density at radius 2 is 2.00 bits per heavy atom. The molecule has 1 amide bonds. The molecule has 4 heteroatoms. The van der Waals surface area contributed by atoms with Crippen LogP contribution in [0.4, 0.5) is 5.69 Å². The summed E-state index contributed by atoms with van der Waals surface area (Å²) in [6, 6.07) is 6.17.